The highest BCUT2D eigenvalue weighted by Crippen LogP contribution is 1.90. The van der Waals surface area contributed by atoms with E-state index in [1.165, 1.54) is 6.08 Å². The molecule has 1 atom stereocenters. The minimum atomic E-state index is -0.920. The number of allylic oxidation sites excluding steroid dienone is 1. The van der Waals surface area contributed by atoms with Gasteiger partial charge >= 0.3 is 0 Å². The van der Waals surface area contributed by atoms with Crippen molar-refractivity contribution in [2.75, 3.05) is 0 Å². The maximum absolute atomic E-state index is 8.64. The number of aliphatic hydroxyl groups excluding tert-OH is 1. The fourth-order valence-corrected chi connectivity index (χ4v) is 0.435. The topological polar surface area (TPSA) is 44.0 Å². The van der Waals surface area contributed by atoms with Crippen molar-refractivity contribution >= 4 is 0 Å². The van der Waals surface area contributed by atoms with Gasteiger partial charge in [0.05, 0.1) is 6.07 Å². The molecule has 0 aliphatic heterocycles. The van der Waals surface area contributed by atoms with Crippen LogP contribution in [0.1, 0.15) is 19.8 Å². The molecule has 0 spiro atoms. The Morgan fingerprint density at radius 3 is 2.89 bits per heavy atom. The first-order valence-electron chi connectivity index (χ1n) is 3.05. The fourth-order valence-electron chi connectivity index (χ4n) is 0.435. The third-order valence-electron chi connectivity index (χ3n) is 0.906. The number of aliphatic hydroxyl groups is 1. The highest BCUT2D eigenvalue weighted by Gasteiger charge is 1.89. The Morgan fingerprint density at radius 2 is 2.44 bits per heavy atom. The van der Waals surface area contributed by atoms with E-state index in [9.17, 15) is 0 Å². The fraction of sp³-hybridized carbons (Fsp3) is 0.571. The van der Waals surface area contributed by atoms with Gasteiger partial charge in [-0.15, -0.1) is 0 Å². The molecule has 9 heavy (non-hydrogen) atoms. The molecule has 0 saturated carbocycles. The number of hydrogen-bond acceptors (Lipinski definition) is 2. The number of hydrogen-bond donors (Lipinski definition) is 1. The second kappa shape index (κ2) is 5.33. The molecule has 0 aromatic rings. The quantitative estimate of drug-likeness (QED) is 0.455. The second-order valence-electron chi connectivity index (χ2n) is 1.79. The first-order chi connectivity index (χ1) is 4.31. The Balaban J connectivity index is 3.35. The van der Waals surface area contributed by atoms with Gasteiger partial charge in [0, 0.05) is 0 Å². The zero-order valence-corrected chi connectivity index (χ0v) is 5.54. The van der Waals surface area contributed by atoms with Gasteiger partial charge in [-0.1, -0.05) is 19.4 Å². The summed E-state index contributed by atoms with van der Waals surface area (Å²) < 4.78 is 0. The maximum atomic E-state index is 8.64. The molecule has 2 heteroatoms. The number of unbranched alkanes of at least 4 members (excludes halogenated alkanes) is 1. The van der Waals surface area contributed by atoms with Gasteiger partial charge in [0.15, 0.2) is 6.10 Å². The molecule has 2 nitrogen and oxygen atoms in total. The Bertz CT molecular complexity index is 123. The number of rotatable bonds is 3. The molecule has 0 radical (unpaired) electrons. The summed E-state index contributed by atoms with van der Waals surface area (Å²) in [7, 11) is 0. The van der Waals surface area contributed by atoms with Gasteiger partial charge in [-0.25, -0.2) is 0 Å². The first-order valence-corrected chi connectivity index (χ1v) is 3.05. The monoisotopic (exact) mass is 125 g/mol. The van der Waals surface area contributed by atoms with Crippen LogP contribution in [0.2, 0.25) is 0 Å². The van der Waals surface area contributed by atoms with E-state index < -0.39 is 6.10 Å². The molecule has 0 saturated heterocycles. The summed E-state index contributed by atoms with van der Waals surface area (Å²) in [5.41, 5.74) is 0. The molecule has 0 aliphatic carbocycles. The van der Waals surface area contributed by atoms with Crippen LogP contribution in [0.5, 0.6) is 0 Å². The summed E-state index contributed by atoms with van der Waals surface area (Å²) in [6.07, 6.45) is 4.38. The maximum Gasteiger partial charge on any atom is 0.159 e. The molecule has 0 fully saturated rings. The van der Waals surface area contributed by atoms with E-state index in [0.717, 1.165) is 12.8 Å². The Kier molecular flexibility index (Phi) is 4.85. The van der Waals surface area contributed by atoms with Gasteiger partial charge in [-0.2, -0.15) is 5.26 Å². The molecular weight excluding hydrogens is 114 g/mol. The van der Waals surface area contributed by atoms with E-state index >= 15 is 0 Å². The second-order valence-corrected chi connectivity index (χ2v) is 1.79. The predicted octanol–water partition coefficient (Wildman–Crippen LogP) is 1.23. The lowest BCUT2D eigenvalue weighted by Crippen LogP contribution is -1.94. The summed E-state index contributed by atoms with van der Waals surface area (Å²) in [6.45, 7) is 2.04. The smallest absolute Gasteiger partial charge is 0.159 e. The van der Waals surface area contributed by atoms with Crippen molar-refractivity contribution in [2.24, 2.45) is 0 Å². The van der Waals surface area contributed by atoms with E-state index in [1.54, 1.807) is 6.07 Å². The van der Waals surface area contributed by atoms with Gasteiger partial charge in [-0.05, 0) is 12.5 Å². The normalized spacial score (nSPS) is 13.4. The van der Waals surface area contributed by atoms with Crippen LogP contribution < -0.4 is 0 Å². The third-order valence-corrected chi connectivity index (χ3v) is 0.906. The van der Waals surface area contributed by atoms with E-state index in [4.69, 9.17) is 10.4 Å². The van der Waals surface area contributed by atoms with Crippen LogP contribution in [0.3, 0.4) is 0 Å². The Hall–Kier alpha value is -0.810. The van der Waals surface area contributed by atoms with Crippen molar-refractivity contribution in [3.05, 3.63) is 12.2 Å². The van der Waals surface area contributed by atoms with Crippen LogP contribution in [-0.2, 0) is 0 Å². The van der Waals surface area contributed by atoms with Crippen molar-refractivity contribution in [3.63, 3.8) is 0 Å². The summed E-state index contributed by atoms with van der Waals surface area (Å²) in [5.74, 6) is 0. The van der Waals surface area contributed by atoms with Crippen molar-refractivity contribution in [3.8, 4) is 6.07 Å². The molecule has 1 N–H and O–H groups in total. The summed E-state index contributed by atoms with van der Waals surface area (Å²) in [4.78, 5) is 0. The van der Waals surface area contributed by atoms with E-state index in [-0.39, 0.29) is 0 Å². The van der Waals surface area contributed by atoms with Gasteiger partial charge in [0.2, 0.25) is 0 Å². The minimum Gasteiger partial charge on any atom is -0.374 e. The lowest BCUT2D eigenvalue weighted by atomic mass is 10.3. The standard InChI is InChI=1S/C7H11NO/c1-2-3-4-5-7(9)6-8/h4-5,7,9H,2-3H2,1H3. The molecule has 50 valence electrons. The van der Waals surface area contributed by atoms with Crippen LogP contribution in [0.25, 0.3) is 0 Å². The summed E-state index contributed by atoms with van der Waals surface area (Å²) >= 11 is 0. The predicted molar refractivity (Wildman–Crippen MR) is 35.7 cm³/mol. The van der Waals surface area contributed by atoms with Gasteiger partial charge < -0.3 is 5.11 Å². The Morgan fingerprint density at radius 1 is 1.78 bits per heavy atom. The van der Waals surface area contributed by atoms with Crippen LogP contribution in [-0.4, -0.2) is 11.2 Å². The number of nitrogens with zero attached hydrogens (tertiary/aromatic N) is 1. The largest absolute Gasteiger partial charge is 0.374 e. The molecule has 0 aliphatic rings. The highest BCUT2D eigenvalue weighted by molar-refractivity contribution is 5.00. The van der Waals surface area contributed by atoms with E-state index in [0.29, 0.717) is 0 Å². The molecule has 0 aromatic heterocycles. The van der Waals surface area contributed by atoms with Gasteiger partial charge in [0.25, 0.3) is 0 Å². The zero-order chi connectivity index (χ0) is 7.11. The zero-order valence-electron chi connectivity index (χ0n) is 5.54. The third kappa shape index (κ3) is 5.05. The van der Waals surface area contributed by atoms with Crippen LogP contribution >= 0.6 is 0 Å². The minimum absolute atomic E-state index is 0.920. The summed E-state index contributed by atoms with van der Waals surface area (Å²) in [5, 5.41) is 16.7. The SMILES string of the molecule is CCCC=CC(O)C#N. The van der Waals surface area contributed by atoms with E-state index in [2.05, 4.69) is 0 Å². The van der Waals surface area contributed by atoms with Crippen molar-refractivity contribution < 1.29 is 5.11 Å². The summed E-state index contributed by atoms with van der Waals surface area (Å²) in [6, 6.07) is 1.69. The molecule has 0 bridgehead atoms. The lowest BCUT2D eigenvalue weighted by molar-refractivity contribution is 0.278. The van der Waals surface area contributed by atoms with Crippen molar-refractivity contribution in [2.45, 2.75) is 25.9 Å². The van der Waals surface area contributed by atoms with Gasteiger partial charge in [-0.3, -0.25) is 0 Å². The molecule has 0 rings (SSSR count). The molecule has 0 aromatic carbocycles. The first kappa shape index (κ1) is 8.19. The lowest BCUT2D eigenvalue weighted by Gasteiger charge is -1.88. The number of nitriles is 1. The molecular formula is C7H11NO. The molecule has 0 amide bonds. The van der Waals surface area contributed by atoms with Gasteiger partial charge in [0.1, 0.15) is 0 Å². The molecule has 1 unspecified atom stereocenters. The highest BCUT2D eigenvalue weighted by atomic mass is 16.3. The average Bonchev–Trinajstić information content (AvgIpc) is 1.89. The van der Waals surface area contributed by atoms with Crippen LogP contribution in [0.15, 0.2) is 12.2 Å². The van der Waals surface area contributed by atoms with Crippen LogP contribution in [0.4, 0.5) is 0 Å². The molecule has 0 heterocycles. The Labute approximate surface area is 55.4 Å². The average molecular weight is 125 g/mol. The van der Waals surface area contributed by atoms with Crippen molar-refractivity contribution in [1.29, 1.82) is 5.26 Å². The van der Waals surface area contributed by atoms with Crippen LogP contribution in [0, 0.1) is 11.3 Å². The van der Waals surface area contributed by atoms with Crippen molar-refractivity contribution in [1.82, 2.24) is 0 Å². The van der Waals surface area contributed by atoms with E-state index in [1.807, 2.05) is 13.0 Å².